The number of thiophene rings is 2. The average molecular weight is 353 g/mol. The molecule has 120 valence electrons. The molecule has 0 aromatic carbocycles. The molecule has 4 heterocycles. The number of fused-ring (bicyclic) bond motifs is 1. The Kier molecular flexibility index (Phi) is 3.34. The molecule has 2 aliphatic rings. The van der Waals surface area contributed by atoms with Crippen molar-refractivity contribution >= 4 is 34.7 Å². The zero-order valence-corrected chi connectivity index (χ0v) is 14.5. The molecular formula is C17H15N5S2. The van der Waals surface area contributed by atoms with Crippen molar-refractivity contribution in [2.75, 3.05) is 5.32 Å². The van der Waals surface area contributed by atoms with Crippen LogP contribution < -0.4 is 5.32 Å². The molecule has 3 aromatic heterocycles. The molecule has 1 aliphatic heterocycles. The lowest BCUT2D eigenvalue weighted by molar-refractivity contribution is 0.525. The Balaban J connectivity index is 1.67. The summed E-state index contributed by atoms with van der Waals surface area (Å²) in [7, 11) is 0. The molecule has 0 saturated heterocycles. The summed E-state index contributed by atoms with van der Waals surface area (Å²) < 4.78 is 1.91. The standard InChI is InChI=1S/C17H15N5S2/c1-2-12(8-11-4-6-23-9-11)15-14(3-1)16(13-5-7-24-10-13)22-17(18-15)19-20-21-22/h4-10,16H,1-3H2,(H,18,19,21). The Hall–Kier alpha value is -2.25. The molecule has 3 aromatic rings. The smallest absolute Gasteiger partial charge is 0.248 e. The molecule has 0 bridgehead atoms. The van der Waals surface area contributed by atoms with Gasteiger partial charge in [0.2, 0.25) is 5.95 Å². The highest BCUT2D eigenvalue weighted by Crippen LogP contribution is 2.43. The van der Waals surface area contributed by atoms with E-state index in [0.717, 1.165) is 25.2 Å². The Morgan fingerprint density at radius 3 is 2.92 bits per heavy atom. The maximum Gasteiger partial charge on any atom is 0.248 e. The average Bonchev–Trinajstić information content (AvgIpc) is 3.35. The van der Waals surface area contributed by atoms with Gasteiger partial charge in [0.05, 0.1) is 0 Å². The first-order valence-corrected chi connectivity index (χ1v) is 9.82. The lowest BCUT2D eigenvalue weighted by atomic mass is 9.84. The maximum atomic E-state index is 4.23. The van der Waals surface area contributed by atoms with Crippen LogP contribution in [0.3, 0.4) is 0 Å². The van der Waals surface area contributed by atoms with Gasteiger partial charge in [-0.2, -0.15) is 27.4 Å². The van der Waals surface area contributed by atoms with Crippen LogP contribution in [-0.4, -0.2) is 20.2 Å². The fourth-order valence-electron chi connectivity index (χ4n) is 3.54. The zero-order chi connectivity index (χ0) is 15.9. The van der Waals surface area contributed by atoms with Gasteiger partial charge in [0.25, 0.3) is 0 Å². The van der Waals surface area contributed by atoms with Crippen molar-refractivity contribution < 1.29 is 0 Å². The number of hydrogen-bond acceptors (Lipinski definition) is 6. The molecular weight excluding hydrogens is 338 g/mol. The fraction of sp³-hybridized carbons (Fsp3) is 0.235. The first kappa shape index (κ1) is 14.1. The minimum absolute atomic E-state index is 0.101. The highest BCUT2D eigenvalue weighted by atomic mass is 32.1. The number of nitrogens with one attached hydrogen (secondary N) is 1. The van der Waals surface area contributed by atoms with Crippen LogP contribution in [0.15, 0.2) is 50.5 Å². The van der Waals surface area contributed by atoms with E-state index in [9.17, 15) is 0 Å². The van der Waals surface area contributed by atoms with Gasteiger partial charge in [-0.15, -0.1) is 0 Å². The topological polar surface area (TPSA) is 55.6 Å². The minimum atomic E-state index is 0.101. The molecule has 24 heavy (non-hydrogen) atoms. The Bertz CT molecular complexity index is 918. The first-order chi connectivity index (χ1) is 11.9. The van der Waals surface area contributed by atoms with Crippen molar-refractivity contribution in [1.82, 2.24) is 20.2 Å². The van der Waals surface area contributed by atoms with Gasteiger partial charge in [0.1, 0.15) is 6.04 Å². The van der Waals surface area contributed by atoms with Crippen LogP contribution in [0, 0.1) is 0 Å². The van der Waals surface area contributed by atoms with Crippen molar-refractivity contribution in [3.05, 3.63) is 61.6 Å². The van der Waals surface area contributed by atoms with E-state index < -0.39 is 0 Å². The van der Waals surface area contributed by atoms with Gasteiger partial charge < -0.3 is 5.32 Å². The van der Waals surface area contributed by atoms with Crippen LogP contribution in [0.4, 0.5) is 5.95 Å². The normalized spacial score (nSPS) is 21.5. The van der Waals surface area contributed by atoms with Crippen LogP contribution in [0.25, 0.3) is 6.08 Å². The molecule has 0 radical (unpaired) electrons. The second kappa shape index (κ2) is 5.68. The number of rotatable bonds is 2. The summed E-state index contributed by atoms with van der Waals surface area (Å²) in [4.78, 5) is 0. The molecule has 0 saturated carbocycles. The van der Waals surface area contributed by atoms with Crippen molar-refractivity contribution in [3.63, 3.8) is 0 Å². The van der Waals surface area contributed by atoms with Gasteiger partial charge in [-0.05, 0) is 91.7 Å². The molecule has 1 N–H and O–H groups in total. The molecule has 0 fully saturated rings. The van der Waals surface area contributed by atoms with Gasteiger partial charge in [-0.3, -0.25) is 0 Å². The number of nitrogens with zero attached hydrogens (tertiary/aromatic N) is 4. The fourth-order valence-corrected chi connectivity index (χ4v) is 4.84. The summed E-state index contributed by atoms with van der Waals surface area (Å²) in [5.74, 6) is 0.725. The molecule has 1 atom stereocenters. The van der Waals surface area contributed by atoms with Gasteiger partial charge >= 0.3 is 0 Å². The van der Waals surface area contributed by atoms with Crippen LogP contribution in [0.1, 0.15) is 36.4 Å². The van der Waals surface area contributed by atoms with Crippen molar-refractivity contribution in [2.45, 2.75) is 25.3 Å². The van der Waals surface area contributed by atoms with Gasteiger partial charge in [0, 0.05) is 5.70 Å². The molecule has 0 amide bonds. The van der Waals surface area contributed by atoms with Crippen LogP contribution in [0.5, 0.6) is 0 Å². The summed E-state index contributed by atoms with van der Waals surface area (Å²) in [5.41, 5.74) is 6.48. The second-order valence-electron chi connectivity index (χ2n) is 6.01. The van der Waals surface area contributed by atoms with Gasteiger partial charge in [-0.25, -0.2) is 0 Å². The maximum absolute atomic E-state index is 4.23. The van der Waals surface area contributed by atoms with E-state index in [0.29, 0.717) is 0 Å². The molecule has 1 aliphatic carbocycles. The van der Waals surface area contributed by atoms with Gasteiger partial charge in [0.15, 0.2) is 0 Å². The molecule has 5 rings (SSSR count). The van der Waals surface area contributed by atoms with Crippen molar-refractivity contribution in [3.8, 4) is 0 Å². The number of hydrogen-bond donors (Lipinski definition) is 1. The Morgan fingerprint density at radius 2 is 2.08 bits per heavy atom. The van der Waals surface area contributed by atoms with E-state index in [1.54, 1.807) is 22.7 Å². The van der Waals surface area contributed by atoms with E-state index in [4.69, 9.17) is 0 Å². The Morgan fingerprint density at radius 1 is 1.17 bits per heavy atom. The highest BCUT2D eigenvalue weighted by Gasteiger charge is 2.34. The lowest BCUT2D eigenvalue weighted by Crippen LogP contribution is -2.28. The number of aromatic nitrogens is 4. The second-order valence-corrected chi connectivity index (χ2v) is 7.57. The highest BCUT2D eigenvalue weighted by molar-refractivity contribution is 7.08. The number of tetrazole rings is 1. The largest absolute Gasteiger partial charge is 0.323 e. The van der Waals surface area contributed by atoms with E-state index in [1.807, 2.05) is 4.68 Å². The van der Waals surface area contributed by atoms with E-state index >= 15 is 0 Å². The summed E-state index contributed by atoms with van der Waals surface area (Å²) in [5, 5.41) is 24.4. The van der Waals surface area contributed by atoms with Crippen molar-refractivity contribution in [2.24, 2.45) is 0 Å². The third-order valence-electron chi connectivity index (χ3n) is 4.58. The van der Waals surface area contributed by atoms with Crippen LogP contribution in [0.2, 0.25) is 0 Å². The molecule has 0 spiro atoms. The first-order valence-electron chi connectivity index (χ1n) is 7.93. The summed E-state index contributed by atoms with van der Waals surface area (Å²) in [6, 6.07) is 4.44. The van der Waals surface area contributed by atoms with E-state index in [-0.39, 0.29) is 6.04 Å². The van der Waals surface area contributed by atoms with Crippen LogP contribution >= 0.6 is 22.7 Å². The number of anilines is 1. The van der Waals surface area contributed by atoms with E-state index in [2.05, 4.69) is 60.6 Å². The SMILES string of the molecule is C(=C1CCCC2=C1Nc1nnnn1C2c1ccsc1)c1ccsc1. The molecule has 1 unspecified atom stereocenters. The zero-order valence-electron chi connectivity index (χ0n) is 12.8. The third kappa shape index (κ3) is 2.23. The summed E-state index contributed by atoms with van der Waals surface area (Å²) in [6.45, 7) is 0. The Labute approximate surface area is 147 Å². The third-order valence-corrected chi connectivity index (χ3v) is 5.98. The predicted molar refractivity (Wildman–Crippen MR) is 97.1 cm³/mol. The quantitative estimate of drug-likeness (QED) is 0.745. The monoisotopic (exact) mass is 353 g/mol. The molecule has 5 nitrogen and oxygen atoms in total. The number of allylic oxidation sites excluding steroid dienone is 2. The van der Waals surface area contributed by atoms with Crippen molar-refractivity contribution in [1.29, 1.82) is 0 Å². The lowest BCUT2D eigenvalue weighted by Gasteiger charge is -2.33. The summed E-state index contributed by atoms with van der Waals surface area (Å²) >= 11 is 3.45. The van der Waals surface area contributed by atoms with Gasteiger partial charge in [-0.1, -0.05) is 5.10 Å². The predicted octanol–water partition coefficient (Wildman–Crippen LogP) is 4.33. The molecule has 7 heteroatoms. The van der Waals surface area contributed by atoms with E-state index in [1.165, 1.54) is 28.0 Å². The minimum Gasteiger partial charge on any atom is -0.323 e. The summed E-state index contributed by atoms with van der Waals surface area (Å²) in [6.07, 6.45) is 5.61. The van der Waals surface area contributed by atoms with Crippen LogP contribution in [-0.2, 0) is 0 Å².